The normalized spacial score (nSPS) is 52.7. The molecule has 3 aliphatic carbocycles. The summed E-state index contributed by atoms with van der Waals surface area (Å²) in [6, 6.07) is 0. The number of carbonyl (C=O) groups is 1. The van der Waals surface area contributed by atoms with Crippen molar-refractivity contribution in [2.75, 3.05) is 0 Å². The van der Waals surface area contributed by atoms with Crippen LogP contribution in [-0.2, 0) is 4.79 Å². The SMILES string of the molecule is C=C1CC2C(=O)C3CCC1C32. The first-order valence-corrected chi connectivity index (χ1v) is 4.50. The molecule has 0 radical (unpaired) electrons. The van der Waals surface area contributed by atoms with Gasteiger partial charge in [-0.15, -0.1) is 0 Å². The van der Waals surface area contributed by atoms with Crippen LogP contribution in [0, 0.1) is 23.7 Å². The third-order valence-electron chi connectivity index (χ3n) is 3.92. The fourth-order valence-corrected chi connectivity index (χ4v) is 3.41. The number of Topliss-reactive ketones (excluding diaryl/α,β-unsaturated/α-hetero) is 1. The quantitative estimate of drug-likeness (QED) is 0.479. The highest BCUT2D eigenvalue weighted by atomic mass is 16.1. The van der Waals surface area contributed by atoms with Crippen LogP contribution in [0.3, 0.4) is 0 Å². The van der Waals surface area contributed by atoms with E-state index in [-0.39, 0.29) is 0 Å². The predicted octanol–water partition coefficient (Wildman–Crippen LogP) is 1.79. The summed E-state index contributed by atoms with van der Waals surface area (Å²) in [6.07, 6.45) is 3.42. The minimum atomic E-state index is 0.417. The van der Waals surface area contributed by atoms with Crippen molar-refractivity contribution in [2.24, 2.45) is 23.7 Å². The van der Waals surface area contributed by atoms with Crippen molar-refractivity contribution in [2.45, 2.75) is 19.3 Å². The van der Waals surface area contributed by atoms with E-state index in [1.165, 1.54) is 12.0 Å². The molecule has 58 valence electrons. The van der Waals surface area contributed by atoms with Crippen LogP contribution in [0.15, 0.2) is 12.2 Å². The average molecular weight is 148 g/mol. The van der Waals surface area contributed by atoms with E-state index in [2.05, 4.69) is 6.58 Å². The lowest BCUT2D eigenvalue weighted by Gasteiger charge is -2.35. The molecule has 4 unspecified atom stereocenters. The van der Waals surface area contributed by atoms with Crippen LogP contribution in [-0.4, -0.2) is 5.78 Å². The summed E-state index contributed by atoms with van der Waals surface area (Å²) >= 11 is 0. The maximum atomic E-state index is 11.4. The Morgan fingerprint density at radius 3 is 2.73 bits per heavy atom. The van der Waals surface area contributed by atoms with Gasteiger partial charge in [0.1, 0.15) is 5.78 Å². The summed E-state index contributed by atoms with van der Waals surface area (Å²) in [7, 11) is 0. The van der Waals surface area contributed by atoms with Gasteiger partial charge in [-0.2, -0.15) is 0 Å². The lowest BCUT2D eigenvalue weighted by atomic mass is 9.66. The summed E-state index contributed by atoms with van der Waals surface area (Å²) in [6.45, 7) is 4.06. The number of carbonyl (C=O) groups excluding carboxylic acids is 1. The molecule has 3 aliphatic rings. The van der Waals surface area contributed by atoms with Gasteiger partial charge in [0.25, 0.3) is 0 Å². The summed E-state index contributed by atoms with van der Waals surface area (Å²) in [5, 5.41) is 0. The van der Waals surface area contributed by atoms with E-state index in [1.807, 2.05) is 0 Å². The van der Waals surface area contributed by atoms with E-state index >= 15 is 0 Å². The van der Waals surface area contributed by atoms with Crippen LogP contribution >= 0.6 is 0 Å². The Kier molecular flexibility index (Phi) is 0.869. The molecule has 0 amide bonds. The van der Waals surface area contributed by atoms with E-state index in [9.17, 15) is 4.79 Å². The van der Waals surface area contributed by atoms with E-state index in [1.54, 1.807) is 0 Å². The minimum absolute atomic E-state index is 0.417. The van der Waals surface area contributed by atoms with Crippen LogP contribution in [0.5, 0.6) is 0 Å². The Bertz CT molecular complexity index is 252. The molecule has 1 heteroatoms. The second-order valence-electron chi connectivity index (χ2n) is 4.24. The minimum Gasteiger partial charge on any atom is -0.299 e. The molecule has 0 aromatic heterocycles. The highest BCUT2D eigenvalue weighted by molar-refractivity contribution is 5.92. The Morgan fingerprint density at radius 2 is 1.91 bits per heavy atom. The van der Waals surface area contributed by atoms with Gasteiger partial charge in [-0.1, -0.05) is 12.2 Å². The molecular formula is C10H12O. The molecule has 0 heterocycles. The molecule has 0 aliphatic heterocycles. The maximum absolute atomic E-state index is 11.4. The van der Waals surface area contributed by atoms with E-state index in [0.717, 1.165) is 24.7 Å². The standard InChI is InChI=1S/C10H12O/c1-5-4-8-9-6(5)2-3-7(9)10(8)11/h6-9H,1-4H2. The summed E-state index contributed by atoms with van der Waals surface area (Å²) in [5.74, 6) is 2.91. The Hall–Kier alpha value is -0.590. The fraction of sp³-hybridized carbons (Fsp3) is 0.700. The van der Waals surface area contributed by atoms with Crippen molar-refractivity contribution in [1.82, 2.24) is 0 Å². The number of allylic oxidation sites excluding steroid dienone is 1. The second-order valence-corrected chi connectivity index (χ2v) is 4.24. The Balaban J connectivity index is 2.04. The summed E-state index contributed by atoms with van der Waals surface area (Å²) in [5.41, 5.74) is 1.37. The number of hydrogen-bond acceptors (Lipinski definition) is 1. The number of hydrogen-bond donors (Lipinski definition) is 0. The smallest absolute Gasteiger partial charge is 0.140 e. The first kappa shape index (κ1) is 5.99. The van der Waals surface area contributed by atoms with Gasteiger partial charge in [0, 0.05) is 11.8 Å². The average Bonchev–Trinajstić information content (AvgIpc) is 2.48. The molecule has 0 saturated heterocycles. The van der Waals surface area contributed by atoms with Gasteiger partial charge in [0.15, 0.2) is 0 Å². The van der Waals surface area contributed by atoms with Crippen molar-refractivity contribution < 1.29 is 4.79 Å². The van der Waals surface area contributed by atoms with Crippen LogP contribution in [0.4, 0.5) is 0 Å². The number of rotatable bonds is 0. The van der Waals surface area contributed by atoms with Crippen molar-refractivity contribution in [3.05, 3.63) is 12.2 Å². The lowest BCUT2D eigenvalue weighted by Crippen LogP contribution is -2.42. The van der Waals surface area contributed by atoms with Crippen molar-refractivity contribution in [3.63, 3.8) is 0 Å². The van der Waals surface area contributed by atoms with Crippen LogP contribution in [0.25, 0.3) is 0 Å². The first-order valence-electron chi connectivity index (χ1n) is 4.50. The molecule has 3 saturated carbocycles. The third-order valence-corrected chi connectivity index (χ3v) is 3.92. The molecule has 3 fully saturated rings. The third kappa shape index (κ3) is 0.492. The largest absolute Gasteiger partial charge is 0.299 e. The molecule has 0 aromatic rings. The highest BCUT2D eigenvalue weighted by Gasteiger charge is 2.60. The van der Waals surface area contributed by atoms with Gasteiger partial charge in [-0.05, 0) is 31.1 Å². The molecule has 0 bridgehead atoms. The van der Waals surface area contributed by atoms with Gasteiger partial charge >= 0.3 is 0 Å². The second kappa shape index (κ2) is 1.60. The lowest BCUT2D eigenvalue weighted by molar-refractivity contribution is -0.139. The molecule has 0 N–H and O–H groups in total. The van der Waals surface area contributed by atoms with Crippen LogP contribution < -0.4 is 0 Å². The Morgan fingerprint density at radius 1 is 1.18 bits per heavy atom. The van der Waals surface area contributed by atoms with Crippen LogP contribution in [0.2, 0.25) is 0 Å². The molecule has 0 spiro atoms. The van der Waals surface area contributed by atoms with Gasteiger partial charge in [-0.25, -0.2) is 0 Å². The highest BCUT2D eigenvalue weighted by Crippen LogP contribution is 2.61. The molecule has 0 aromatic carbocycles. The zero-order valence-electron chi connectivity index (χ0n) is 6.55. The molecular weight excluding hydrogens is 136 g/mol. The van der Waals surface area contributed by atoms with Crippen molar-refractivity contribution >= 4 is 5.78 Å². The zero-order valence-corrected chi connectivity index (χ0v) is 6.55. The van der Waals surface area contributed by atoms with E-state index in [4.69, 9.17) is 0 Å². The molecule has 4 atom stereocenters. The monoisotopic (exact) mass is 148 g/mol. The maximum Gasteiger partial charge on any atom is 0.140 e. The van der Waals surface area contributed by atoms with Crippen LogP contribution in [0.1, 0.15) is 19.3 Å². The van der Waals surface area contributed by atoms with E-state index in [0.29, 0.717) is 17.6 Å². The Labute approximate surface area is 66.5 Å². The van der Waals surface area contributed by atoms with Gasteiger partial charge in [-0.3, -0.25) is 4.79 Å². The molecule has 1 nitrogen and oxygen atoms in total. The van der Waals surface area contributed by atoms with Gasteiger partial charge in [0.2, 0.25) is 0 Å². The first-order chi connectivity index (χ1) is 5.29. The van der Waals surface area contributed by atoms with Gasteiger partial charge in [0.05, 0.1) is 0 Å². The molecule has 3 rings (SSSR count). The topological polar surface area (TPSA) is 17.1 Å². The van der Waals surface area contributed by atoms with Crippen molar-refractivity contribution in [1.29, 1.82) is 0 Å². The number of ketones is 1. The zero-order chi connectivity index (χ0) is 7.59. The predicted molar refractivity (Wildman–Crippen MR) is 42.0 cm³/mol. The fourth-order valence-electron chi connectivity index (χ4n) is 3.41. The van der Waals surface area contributed by atoms with E-state index < -0.39 is 0 Å². The van der Waals surface area contributed by atoms with Gasteiger partial charge < -0.3 is 0 Å². The summed E-state index contributed by atoms with van der Waals surface area (Å²) in [4.78, 5) is 11.4. The summed E-state index contributed by atoms with van der Waals surface area (Å²) < 4.78 is 0. The molecule has 11 heavy (non-hydrogen) atoms. The van der Waals surface area contributed by atoms with Crippen molar-refractivity contribution in [3.8, 4) is 0 Å².